The van der Waals surface area contributed by atoms with Crippen molar-refractivity contribution in [2.45, 2.75) is 77.6 Å². The maximum Gasteiger partial charge on any atom is 0.232 e. The second-order valence-electron chi connectivity index (χ2n) is 10.5. The van der Waals surface area contributed by atoms with Gasteiger partial charge in [-0.2, -0.15) is 0 Å². The molecule has 10 heteroatoms. The molecule has 1 aliphatic carbocycles. The molecule has 2 amide bonds. The van der Waals surface area contributed by atoms with E-state index >= 15 is 0 Å². The van der Waals surface area contributed by atoms with Crippen LogP contribution in [0.25, 0.3) is 0 Å². The van der Waals surface area contributed by atoms with Gasteiger partial charge in [0.2, 0.25) is 11.8 Å². The van der Waals surface area contributed by atoms with Gasteiger partial charge in [-0.05, 0) is 62.9 Å². The van der Waals surface area contributed by atoms with Crippen molar-refractivity contribution in [3.8, 4) is 18.6 Å². The SMILES string of the molecule is C#C.CC.C[C@@H]1CC(=O)N(C(c2cncc(F)c2)[C@H]2CC2C(=O)N[C@H]2CC(C)(C)Oc3ccc(F)cc32)C(N)=N1. The summed E-state index contributed by atoms with van der Waals surface area (Å²) in [6, 6.07) is 4.22. The quantitative estimate of drug-likeness (QED) is 0.523. The van der Waals surface area contributed by atoms with E-state index in [9.17, 15) is 18.4 Å². The lowest BCUT2D eigenvalue weighted by molar-refractivity contribution is -0.131. The fraction of sp³-hybridized carbons (Fsp3) is 0.467. The van der Waals surface area contributed by atoms with Crippen LogP contribution in [0, 0.1) is 36.3 Å². The van der Waals surface area contributed by atoms with E-state index in [0.29, 0.717) is 29.7 Å². The standard InChI is InChI=1S/C26H29F2N5O3.C2H6.C2H2/c1-13-6-22(34)33(25(29)31-13)23(14-7-16(28)12-30-11-14)17-9-18(17)24(35)32-20-10-26(2,3)36-21-5-4-15(27)8-19(20)21;2*1-2/h4-5,7-8,11-13,17-18,20,23H,6,9-10H2,1-3H3,(H2,29,31)(H,32,35);1-2H3;1-2H/t13-,17+,18?,20+,23?;;/m1../s1. The molecule has 214 valence electrons. The Bertz CT molecular complexity index is 1300. The van der Waals surface area contributed by atoms with Gasteiger partial charge in [0.05, 0.1) is 24.3 Å². The van der Waals surface area contributed by atoms with Crippen molar-refractivity contribution in [1.29, 1.82) is 0 Å². The number of nitrogens with one attached hydrogen (secondary N) is 1. The summed E-state index contributed by atoms with van der Waals surface area (Å²) in [6.07, 6.45) is 11.7. The van der Waals surface area contributed by atoms with Crippen LogP contribution in [0.1, 0.15) is 77.1 Å². The first-order valence-electron chi connectivity index (χ1n) is 13.4. The number of hydrogen-bond acceptors (Lipinski definition) is 6. The minimum Gasteiger partial charge on any atom is -0.487 e. The molecule has 0 spiro atoms. The first kappa shape index (κ1) is 30.5. The molecule has 2 aromatic rings. The fourth-order valence-corrected chi connectivity index (χ4v) is 5.39. The molecule has 0 saturated heterocycles. The van der Waals surface area contributed by atoms with E-state index in [4.69, 9.17) is 10.5 Å². The van der Waals surface area contributed by atoms with Gasteiger partial charge in [0.15, 0.2) is 5.96 Å². The number of pyridine rings is 1. The molecule has 0 radical (unpaired) electrons. The van der Waals surface area contributed by atoms with Crippen LogP contribution in [0.3, 0.4) is 0 Å². The van der Waals surface area contributed by atoms with Gasteiger partial charge in [-0.25, -0.2) is 13.8 Å². The largest absolute Gasteiger partial charge is 0.487 e. The zero-order valence-corrected chi connectivity index (χ0v) is 23.5. The predicted octanol–water partition coefficient (Wildman–Crippen LogP) is 4.67. The minimum atomic E-state index is -0.677. The lowest BCUT2D eigenvalue weighted by Gasteiger charge is -2.38. The molecule has 2 unspecified atom stereocenters. The molecular weight excluding hydrogens is 516 g/mol. The van der Waals surface area contributed by atoms with Crippen molar-refractivity contribution >= 4 is 17.8 Å². The number of terminal acetylenes is 1. The molecule has 3 N–H and O–H groups in total. The van der Waals surface area contributed by atoms with Crippen LogP contribution in [-0.4, -0.2) is 39.3 Å². The monoisotopic (exact) mass is 553 g/mol. The van der Waals surface area contributed by atoms with Gasteiger partial charge in [-0.15, -0.1) is 12.8 Å². The van der Waals surface area contributed by atoms with Crippen LogP contribution in [0.4, 0.5) is 8.78 Å². The highest BCUT2D eigenvalue weighted by Crippen LogP contribution is 2.51. The Hall–Kier alpha value is -4.00. The number of nitrogens with zero attached hydrogens (tertiary/aromatic N) is 3. The van der Waals surface area contributed by atoms with Crippen LogP contribution in [0.2, 0.25) is 0 Å². The Kier molecular flexibility index (Phi) is 9.51. The third kappa shape index (κ3) is 6.58. The van der Waals surface area contributed by atoms with E-state index in [1.54, 1.807) is 13.0 Å². The molecule has 1 fully saturated rings. The topological polar surface area (TPSA) is 110 Å². The fourth-order valence-electron chi connectivity index (χ4n) is 5.39. The summed E-state index contributed by atoms with van der Waals surface area (Å²) in [4.78, 5) is 36.0. The molecule has 5 rings (SSSR count). The number of amides is 2. The van der Waals surface area contributed by atoms with Crippen molar-refractivity contribution in [3.05, 3.63) is 59.4 Å². The maximum atomic E-state index is 14.1. The van der Waals surface area contributed by atoms with E-state index in [0.717, 1.165) is 6.20 Å². The van der Waals surface area contributed by atoms with Crippen molar-refractivity contribution in [3.63, 3.8) is 0 Å². The van der Waals surface area contributed by atoms with Gasteiger partial charge in [0.1, 0.15) is 23.0 Å². The highest BCUT2D eigenvalue weighted by atomic mass is 19.1. The molecule has 1 saturated carbocycles. The van der Waals surface area contributed by atoms with Crippen molar-refractivity contribution in [1.82, 2.24) is 15.2 Å². The van der Waals surface area contributed by atoms with Crippen molar-refractivity contribution in [2.75, 3.05) is 0 Å². The molecule has 3 heterocycles. The lowest BCUT2D eigenvalue weighted by Crippen LogP contribution is -2.49. The van der Waals surface area contributed by atoms with Gasteiger partial charge >= 0.3 is 0 Å². The average Bonchev–Trinajstić information content (AvgIpc) is 3.69. The van der Waals surface area contributed by atoms with Gasteiger partial charge in [-0.3, -0.25) is 19.5 Å². The number of ether oxygens (including phenoxy) is 1. The van der Waals surface area contributed by atoms with Crippen LogP contribution in [-0.2, 0) is 9.59 Å². The Morgan fingerprint density at radius 3 is 2.55 bits per heavy atom. The zero-order chi connectivity index (χ0) is 29.8. The second kappa shape index (κ2) is 12.5. The number of fused-ring (bicyclic) bond motifs is 1. The maximum absolute atomic E-state index is 14.1. The molecule has 5 atom stereocenters. The minimum absolute atomic E-state index is 0.0506. The summed E-state index contributed by atoms with van der Waals surface area (Å²) in [5.41, 5.74) is 6.65. The molecule has 8 nitrogen and oxygen atoms in total. The summed E-state index contributed by atoms with van der Waals surface area (Å²) in [5, 5.41) is 3.06. The number of carbonyl (C=O) groups excluding carboxylic acids is 2. The average molecular weight is 554 g/mol. The second-order valence-corrected chi connectivity index (χ2v) is 10.5. The Balaban J connectivity index is 0.00000106. The van der Waals surface area contributed by atoms with Crippen LogP contribution < -0.4 is 15.8 Å². The molecule has 1 aromatic heterocycles. The number of hydrogen-bond donors (Lipinski definition) is 2. The van der Waals surface area contributed by atoms with Crippen LogP contribution in [0.5, 0.6) is 5.75 Å². The summed E-state index contributed by atoms with van der Waals surface area (Å²) in [5.74, 6) is -1.57. The summed E-state index contributed by atoms with van der Waals surface area (Å²) in [6.45, 7) is 9.62. The van der Waals surface area contributed by atoms with E-state index in [1.807, 2.05) is 27.7 Å². The highest BCUT2D eigenvalue weighted by molar-refractivity contribution is 5.99. The van der Waals surface area contributed by atoms with E-state index < -0.39 is 35.2 Å². The van der Waals surface area contributed by atoms with Crippen LogP contribution >= 0.6 is 0 Å². The van der Waals surface area contributed by atoms with Gasteiger partial charge in [-0.1, -0.05) is 13.8 Å². The summed E-state index contributed by atoms with van der Waals surface area (Å²) < 4.78 is 34.1. The lowest BCUT2D eigenvalue weighted by atomic mass is 9.89. The number of nitrogens with two attached hydrogens (primary N) is 1. The normalized spacial score (nSPS) is 24.9. The highest BCUT2D eigenvalue weighted by Gasteiger charge is 2.53. The number of halogens is 2. The van der Waals surface area contributed by atoms with Crippen molar-refractivity contribution < 1.29 is 23.1 Å². The molecule has 1 aromatic carbocycles. The Morgan fingerprint density at radius 2 is 1.90 bits per heavy atom. The third-order valence-electron chi connectivity index (χ3n) is 7.01. The molecule has 0 bridgehead atoms. The van der Waals surface area contributed by atoms with E-state index in [2.05, 4.69) is 28.1 Å². The number of aliphatic imine (C=N–C) groups is 1. The molecule has 40 heavy (non-hydrogen) atoms. The smallest absolute Gasteiger partial charge is 0.232 e. The van der Waals surface area contributed by atoms with Gasteiger partial charge in [0, 0.05) is 30.5 Å². The van der Waals surface area contributed by atoms with Crippen molar-refractivity contribution in [2.24, 2.45) is 22.6 Å². The van der Waals surface area contributed by atoms with Crippen LogP contribution in [0.15, 0.2) is 41.7 Å². The summed E-state index contributed by atoms with van der Waals surface area (Å²) in [7, 11) is 0. The van der Waals surface area contributed by atoms with Gasteiger partial charge < -0.3 is 15.8 Å². The number of aromatic nitrogens is 1. The first-order chi connectivity index (χ1) is 19.0. The van der Waals surface area contributed by atoms with E-state index in [-0.39, 0.29) is 36.2 Å². The predicted molar refractivity (Wildman–Crippen MR) is 149 cm³/mol. The summed E-state index contributed by atoms with van der Waals surface area (Å²) >= 11 is 0. The molecule has 2 aliphatic heterocycles. The number of benzene rings is 1. The molecule has 3 aliphatic rings. The van der Waals surface area contributed by atoms with Gasteiger partial charge in [0.25, 0.3) is 0 Å². The third-order valence-corrected chi connectivity index (χ3v) is 7.01. The van der Waals surface area contributed by atoms with E-state index in [1.165, 1.54) is 29.3 Å². The number of rotatable bonds is 5. The zero-order valence-electron chi connectivity index (χ0n) is 23.5. The first-order valence-corrected chi connectivity index (χ1v) is 13.4. The Labute approximate surface area is 234 Å². The number of guanidine groups is 1. The number of carbonyl (C=O) groups is 2. The Morgan fingerprint density at radius 1 is 1.20 bits per heavy atom. The molecular formula is C30H37F2N5O3.